The molecule has 0 N–H and O–H groups in total. The number of hydrogen-bond acceptors (Lipinski definition) is 2. The molecule has 0 saturated heterocycles. The lowest BCUT2D eigenvalue weighted by atomic mass is 9.91. The first-order valence-electron chi connectivity index (χ1n) is 4.59. The Morgan fingerprint density at radius 1 is 1.50 bits per heavy atom. The van der Waals surface area contributed by atoms with Gasteiger partial charge in [0, 0.05) is 26.0 Å². The topological polar surface area (TPSA) is 50.7 Å². The molecule has 14 heavy (non-hydrogen) atoms. The molecule has 1 rings (SSSR count). The highest BCUT2D eigenvalue weighted by Crippen LogP contribution is 2.18. The van der Waals surface area contributed by atoms with Crippen LogP contribution in [0, 0.1) is 16.7 Å². The van der Waals surface area contributed by atoms with Crippen molar-refractivity contribution in [1.82, 2.24) is 9.13 Å². The van der Waals surface area contributed by atoms with Crippen molar-refractivity contribution >= 4 is 0 Å². The summed E-state index contributed by atoms with van der Waals surface area (Å²) < 4.78 is 3.15. The van der Waals surface area contributed by atoms with Crippen LogP contribution in [0.2, 0.25) is 0 Å². The summed E-state index contributed by atoms with van der Waals surface area (Å²) in [7, 11) is 1.72. The maximum atomic E-state index is 11.4. The number of hydrogen-bond donors (Lipinski definition) is 0. The van der Waals surface area contributed by atoms with Gasteiger partial charge >= 0.3 is 5.69 Å². The fourth-order valence-electron chi connectivity index (χ4n) is 1.14. The molecule has 1 aromatic rings. The maximum absolute atomic E-state index is 11.4. The summed E-state index contributed by atoms with van der Waals surface area (Å²) in [4.78, 5) is 11.4. The average Bonchev–Trinajstić information content (AvgIpc) is 2.45. The van der Waals surface area contributed by atoms with E-state index in [0.29, 0.717) is 13.0 Å². The summed E-state index contributed by atoms with van der Waals surface area (Å²) in [6.07, 6.45) is 4.16. The fourth-order valence-corrected chi connectivity index (χ4v) is 1.14. The van der Waals surface area contributed by atoms with Crippen molar-refractivity contribution in [2.24, 2.45) is 12.5 Å². The fraction of sp³-hybridized carbons (Fsp3) is 0.600. The standard InChI is InChI=1S/C10H15N3O/c1-10(2,8-11)4-5-13-7-6-12(3)9(13)14/h6-7H,4-5H2,1-3H3. The predicted octanol–water partition coefficient (Wildman–Crippen LogP) is 1.13. The van der Waals surface area contributed by atoms with Crippen LogP contribution in [-0.2, 0) is 13.6 Å². The van der Waals surface area contributed by atoms with Crippen molar-refractivity contribution < 1.29 is 0 Å². The van der Waals surface area contributed by atoms with Gasteiger partial charge in [-0.2, -0.15) is 5.26 Å². The lowest BCUT2D eigenvalue weighted by molar-refractivity contribution is 0.408. The van der Waals surface area contributed by atoms with E-state index in [1.54, 1.807) is 24.0 Å². The van der Waals surface area contributed by atoms with Crippen molar-refractivity contribution in [3.8, 4) is 6.07 Å². The van der Waals surface area contributed by atoms with Crippen LogP contribution in [0.4, 0.5) is 0 Å². The number of nitriles is 1. The van der Waals surface area contributed by atoms with Gasteiger partial charge in [-0.3, -0.25) is 4.57 Å². The zero-order valence-corrected chi connectivity index (χ0v) is 8.82. The number of aryl methyl sites for hydroxylation is 2. The molecule has 0 radical (unpaired) electrons. The summed E-state index contributed by atoms with van der Waals surface area (Å²) in [5.41, 5.74) is -0.395. The predicted molar refractivity (Wildman–Crippen MR) is 53.7 cm³/mol. The Bertz CT molecular complexity index is 406. The molecule has 1 aromatic heterocycles. The third-order valence-electron chi connectivity index (χ3n) is 2.30. The van der Waals surface area contributed by atoms with Crippen LogP contribution in [0.3, 0.4) is 0 Å². The Morgan fingerprint density at radius 2 is 2.14 bits per heavy atom. The highest BCUT2D eigenvalue weighted by atomic mass is 16.1. The average molecular weight is 193 g/mol. The highest BCUT2D eigenvalue weighted by molar-refractivity contribution is 4.92. The van der Waals surface area contributed by atoms with Crippen LogP contribution in [0.5, 0.6) is 0 Å². The number of rotatable bonds is 3. The summed E-state index contributed by atoms with van der Waals surface area (Å²) in [6.45, 7) is 4.35. The summed E-state index contributed by atoms with van der Waals surface area (Å²) in [6, 6.07) is 2.22. The number of imidazole rings is 1. The Hall–Kier alpha value is -1.50. The first-order valence-corrected chi connectivity index (χ1v) is 4.59. The molecule has 0 amide bonds. The van der Waals surface area contributed by atoms with E-state index in [1.165, 1.54) is 4.57 Å². The quantitative estimate of drug-likeness (QED) is 0.722. The Labute approximate surface area is 83.4 Å². The summed E-state index contributed by atoms with van der Waals surface area (Å²) in [5.74, 6) is 0. The molecule has 4 nitrogen and oxygen atoms in total. The largest absolute Gasteiger partial charge is 0.327 e. The molecule has 0 fully saturated rings. The molecule has 0 spiro atoms. The van der Waals surface area contributed by atoms with E-state index in [-0.39, 0.29) is 11.1 Å². The number of nitrogens with zero attached hydrogens (tertiary/aromatic N) is 3. The molecule has 4 heteroatoms. The molecule has 0 saturated carbocycles. The molecule has 0 aliphatic carbocycles. The minimum absolute atomic E-state index is 0.0289. The lowest BCUT2D eigenvalue weighted by Crippen LogP contribution is -2.24. The SMILES string of the molecule is Cn1ccn(CCC(C)(C)C#N)c1=O. The normalized spacial score (nSPS) is 11.3. The molecule has 0 aromatic carbocycles. The Kier molecular flexibility index (Phi) is 2.80. The molecule has 0 atom stereocenters. The van der Waals surface area contributed by atoms with Crippen LogP contribution >= 0.6 is 0 Å². The van der Waals surface area contributed by atoms with Crippen LogP contribution in [0.25, 0.3) is 0 Å². The minimum atomic E-state index is -0.366. The first kappa shape index (κ1) is 10.6. The van der Waals surface area contributed by atoms with Crippen LogP contribution < -0.4 is 5.69 Å². The zero-order chi connectivity index (χ0) is 10.8. The van der Waals surface area contributed by atoms with Gasteiger partial charge in [-0.25, -0.2) is 4.79 Å². The molecule has 76 valence electrons. The third kappa shape index (κ3) is 2.25. The van der Waals surface area contributed by atoms with Crippen molar-refractivity contribution in [1.29, 1.82) is 5.26 Å². The second-order valence-corrected chi connectivity index (χ2v) is 4.13. The number of aromatic nitrogens is 2. The smallest absolute Gasteiger partial charge is 0.302 e. The third-order valence-corrected chi connectivity index (χ3v) is 2.30. The van der Waals surface area contributed by atoms with Crippen LogP contribution in [-0.4, -0.2) is 9.13 Å². The van der Waals surface area contributed by atoms with E-state index in [4.69, 9.17) is 5.26 Å². The van der Waals surface area contributed by atoms with Gasteiger partial charge in [0.1, 0.15) is 0 Å². The molecule has 0 unspecified atom stereocenters. The van der Waals surface area contributed by atoms with Gasteiger partial charge in [-0.05, 0) is 20.3 Å². The van der Waals surface area contributed by atoms with E-state index < -0.39 is 0 Å². The van der Waals surface area contributed by atoms with Crippen molar-refractivity contribution in [2.45, 2.75) is 26.8 Å². The Morgan fingerprint density at radius 3 is 2.57 bits per heavy atom. The van der Waals surface area contributed by atoms with E-state index in [1.807, 2.05) is 13.8 Å². The van der Waals surface area contributed by atoms with Gasteiger partial charge < -0.3 is 4.57 Å². The van der Waals surface area contributed by atoms with Gasteiger partial charge in [-0.1, -0.05) is 0 Å². The summed E-state index contributed by atoms with van der Waals surface area (Å²) >= 11 is 0. The van der Waals surface area contributed by atoms with Crippen molar-refractivity contribution in [2.75, 3.05) is 0 Å². The van der Waals surface area contributed by atoms with Gasteiger partial charge in [0.15, 0.2) is 0 Å². The van der Waals surface area contributed by atoms with Gasteiger partial charge in [0.05, 0.1) is 11.5 Å². The minimum Gasteiger partial charge on any atom is -0.302 e. The van der Waals surface area contributed by atoms with Crippen LogP contribution in [0.15, 0.2) is 17.2 Å². The molecule has 0 bridgehead atoms. The maximum Gasteiger partial charge on any atom is 0.327 e. The van der Waals surface area contributed by atoms with E-state index in [2.05, 4.69) is 6.07 Å². The van der Waals surface area contributed by atoms with Crippen molar-refractivity contribution in [3.63, 3.8) is 0 Å². The van der Waals surface area contributed by atoms with Gasteiger partial charge in [0.25, 0.3) is 0 Å². The van der Waals surface area contributed by atoms with E-state index in [0.717, 1.165) is 0 Å². The second kappa shape index (κ2) is 3.70. The first-order chi connectivity index (χ1) is 6.46. The highest BCUT2D eigenvalue weighted by Gasteiger charge is 2.16. The lowest BCUT2D eigenvalue weighted by Gasteiger charge is -2.14. The van der Waals surface area contributed by atoms with Crippen LogP contribution in [0.1, 0.15) is 20.3 Å². The molecule has 0 aliphatic heterocycles. The Balaban J connectivity index is 2.69. The monoisotopic (exact) mass is 193 g/mol. The molecular formula is C10H15N3O. The molecular weight excluding hydrogens is 178 g/mol. The molecule has 1 heterocycles. The van der Waals surface area contributed by atoms with E-state index in [9.17, 15) is 4.79 Å². The van der Waals surface area contributed by atoms with Gasteiger partial charge in [-0.15, -0.1) is 0 Å². The molecule has 0 aliphatic rings. The van der Waals surface area contributed by atoms with E-state index >= 15 is 0 Å². The van der Waals surface area contributed by atoms with Crippen molar-refractivity contribution in [3.05, 3.63) is 22.9 Å². The summed E-state index contributed by atoms with van der Waals surface area (Å²) in [5, 5.41) is 8.80. The second-order valence-electron chi connectivity index (χ2n) is 4.13. The van der Waals surface area contributed by atoms with Gasteiger partial charge in [0.2, 0.25) is 0 Å². The zero-order valence-electron chi connectivity index (χ0n) is 8.82.